The number of alkyl halides is 8. The quantitative estimate of drug-likeness (QED) is 0.620. The summed E-state index contributed by atoms with van der Waals surface area (Å²) in [5.74, 6) is -7.17. The van der Waals surface area contributed by atoms with Crippen molar-refractivity contribution in [2.24, 2.45) is 7.05 Å². The third-order valence-electron chi connectivity index (χ3n) is 2.32. The largest absolute Gasteiger partial charge is 0.459 e. The van der Waals surface area contributed by atoms with Gasteiger partial charge in [0.2, 0.25) is 0 Å². The molecule has 1 rings (SSSR count). The van der Waals surface area contributed by atoms with Crippen LogP contribution in [0.15, 0.2) is 0 Å². The molecule has 0 atom stereocenters. The number of aryl methyl sites for hydroxylation is 1. The van der Waals surface area contributed by atoms with Crippen LogP contribution in [0.2, 0.25) is 0 Å². The molecule has 1 aromatic rings. The molecule has 11 heteroatoms. The van der Waals surface area contributed by atoms with Crippen LogP contribution in [0, 0.1) is 0 Å². The Morgan fingerprint density at radius 3 is 1.80 bits per heavy atom. The molecule has 0 radical (unpaired) electrons. The summed E-state index contributed by atoms with van der Waals surface area (Å²) in [6, 6.07) is 0. The second-order valence-electron chi connectivity index (χ2n) is 3.82. The predicted molar refractivity (Wildman–Crippen MR) is 48.2 cm³/mol. The van der Waals surface area contributed by atoms with Gasteiger partial charge in [-0.3, -0.25) is 9.48 Å². The van der Waals surface area contributed by atoms with Crippen LogP contribution >= 0.6 is 0 Å². The van der Waals surface area contributed by atoms with Gasteiger partial charge in [-0.1, -0.05) is 0 Å². The molecule has 0 saturated carbocycles. The lowest BCUT2D eigenvalue weighted by atomic mass is 10.1. The van der Waals surface area contributed by atoms with Gasteiger partial charge in [0, 0.05) is 14.0 Å². The second kappa shape index (κ2) is 4.42. The molecule has 0 aliphatic carbocycles. The molecule has 0 N–H and O–H groups in total. The summed E-state index contributed by atoms with van der Waals surface area (Å²) < 4.78 is 101. The number of Topliss-reactive ketones (excluding diaryl/α,β-unsaturated/α-hetero) is 1. The van der Waals surface area contributed by atoms with Crippen molar-refractivity contribution >= 4 is 5.78 Å². The Morgan fingerprint density at radius 1 is 1.05 bits per heavy atom. The van der Waals surface area contributed by atoms with E-state index in [2.05, 4.69) is 5.10 Å². The van der Waals surface area contributed by atoms with Crippen LogP contribution in [-0.2, 0) is 19.1 Å². The molecule has 0 aliphatic rings. The van der Waals surface area contributed by atoms with Gasteiger partial charge in [0.05, 0.1) is 0 Å². The summed E-state index contributed by atoms with van der Waals surface area (Å²) >= 11 is 0. The van der Waals surface area contributed by atoms with E-state index in [0.717, 1.165) is 0 Å². The van der Waals surface area contributed by atoms with Crippen molar-refractivity contribution in [3.63, 3.8) is 0 Å². The smallest absolute Gasteiger partial charge is 0.293 e. The number of ketones is 1. The Morgan fingerprint density at radius 2 is 1.50 bits per heavy atom. The van der Waals surface area contributed by atoms with Gasteiger partial charge in [-0.2, -0.15) is 40.2 Å². The van der Waals surface area contributed by atoms with Crippen molar-refractivity contribution < 1.29 is 39.9 Å². The normalized spacial score (nSPS) is 13.7. The number of hydrogen-bond acceptors (Lipinski definition) is 2. The van der Waals surface area contributed by atoms with Crippen LogP contribution in [0.25, 0.3) is 0 Å². The summed E-state index contributed by atoms with van der Waals surface area (Å²) in [6.07, 6.45) is -11.9. The van der Waals surface area contributed by atoms with E-state index in [1.165, 1.54) is 0 Å². The first-order valence-corrected chi connectivity index (χ1v) is 4.81. The predicted octanol–water partition coefficient (Wildman–Crippen LogP) is 3.30. The average molecular weight is 310 g/mol. The molecule has 3 nitrogen and oxygen atoms in total. The van der Waals surface area contributed by atoms with Gasteiger partial charge in [0.1, 0.15) is 11.3 Å². The zero-order chi connectivity index (χ0) is 16.1. The fraction of sp³-hybridized carbons (Fsp3) is 0.556. The van der Waals surface area contributed by atoms with Crippen LogP contribution < -0.4 is 0 Å². The highest BCUT2D eigenvalue weighted by Crippen LogP contribution is 2.48. The standard InChI is InChI=1S/C9H6F8N2O/c1-3(20)5-4(8(12,13)14)6(18-19(5)2)7(10,11)9(15,16)17/h1-2H3. The van der Waals surface area contributed by atoms with Crippen molar-refractivity contribution in [3.05, 3.63) is 17.0 Å². The van der Waals surface area contributed by atoms with Gasteiger partial charge in [0.15, 0.2) is 11.5 Å². The van der Waals surface area contributed by atoms with Crippen molar-refractivity contribution in [1.82, 2.24) is 9.78 Å². The van der Waals surface area contributed by atoms with Crippen molar-refractivity contribution in [2.45, 2.75) is 25.2 Å². The van der Waals surface area contributed by atoms with E-state index in [0.29, 0.717) is 14.0 Å². The Labute approximate surface area is 106 Å². The Bertz CT molecular complexity index is 539. The van der Waals surface area contributed by atoms with Crippen LogP contribution in [0.5, 0.6) is 0 Å². The first-order valence-electron chi connectivity index (χ1n) is 4.81. The summed E-state index contributed by atoms with van der Waals surface area (Å²) in [6.45, 7) is 0.599. The van der Waals surface area contributed by atoms with Gasteiger partial charge in [-0.25, -0.2) is 0 Å². The average Bonchev–Trinajstić information content (AvgIpc) is 2.53. The van der Waals surface area contributed by atoms with E-state index < -0.39 is 41.0 Å². The van der Waals surface area contributed by atoms with Gasteiger partial charge < -0.3 is 0 Å². The molecule has 1 aromatic heterocycles. The lowest BCUT2D eigenvalue weighted by Gasteiger charge is -2.19. The summed E-state index contributed by atoms with van der Waals surface area (Å²) in [7, 11) is 0.669. The second-order valence-corrected chi connectivity index (χ2v) is 3.82. The number of carbonyl (C=O) groups excluding carboxylic acids is 1. The fourth-order valence-electron chi connectivity index (χ4n) is 1.55. The molecule has 0 amide bonds. The van der Waals surface area contributed by atoms with Crippen molar-refractivity contribution in [3.8, 4) is 0 Å². The van der Waals surface area contributed by atoms with Crippen molar-refractivity contribution in [2.75, 3.05) is 0 Å². The zero-order valence-corrected chi connectivity index (χ0v) is 9.83. The first-order chi connectivity index (χ1) is 8.71. The van der Waals surface area contributed by atoms with E-state index in [1.54, 1.807) is 0 Å². The molecule has 20 heavy (non-hydrogen) atoms. The maximum Gasteiger partial charge on any atom is 0.459 e. The van der Waals surface area contributed by atoms with E-state index in [4.69, 9.17) is 0 Å². The van der Waals surface area contributed by atoms with Gasteiger partial charge in [0.25, 0.3) is 0 Å². The van der Waals surface area contributed by atoms with Gasteiger partial charge >= 0.3 is 18.3 Å². The number of hydrogen-bond donors (Lipinski definition) is 0. The third kappa shape index (κ3) is 2.48. The number of halogens is 8. The maximum absolute atomic E-state index is 13.1. The van der Waals surface area contributed by atoms with Crippen LogP contribution in [0.3, 0.4) is 0 Å². The van der Waals surface area contributed by atoms with Gasteiger partial charge in [-0.05, 0) is 0 Å². The minimum Gasteiger partial charge on any atom is -0.293 e. The van der Waals surface area contributed by atoms with E-state index in [9.17, 15) is 39.9 Å². The number of aromatic nitrogens is 2. The highest BCUT2D eigenvalue weighted by atomic mass is 19.4. The summed E-state index contributed by atoms with van der Waals surface area (Å²) in [4.78, 5) is 11.0. The van der Waals surface area contributed by atoms with Crippen LogP contribution in [-0.4, -0.2) is 21.7 Å². The Balaban J connectivity index is 3.75. The Hall–Kier alpha value is -1.68. The number of carbonyl (C=O) groups is 1. The lowest BCUT2D eigenvalue weighted by molar-refractivity contribution is -0.292. The fourth-order valence-corrected chi connectivity index (χ4v) is 1.55. The molecule has 0 spiro atoms. The molecule has 1 heterocycles. The number of rotatable bonds is 2. The molecule has 0 saturated heterocycles. The highest BCUT2D eigenvalue weighted by molar-refractivity contribution is 5.94. The SMILES string of the molecule is CC(=O)c1c(C(F)(F)F)c(C(F)(F)C(F)(F)F)nn1C. The summed E-state index contributed by atoms with van der Waals surface area (Å²) in [5.41, 5.74) is -6.28. The van der Waals surface area contributed by atoms with E-state index in [-0.39, 0.29) is 4.68 Å². The zero-order valence-electron chi connectivity index (χ0n) is 9.83. The summed E-state index contributed by atoms with van der Waals surface area (Å²) in [5, 5.41) is 2.54. The maximum atomic E-state index is 13.1. The molecule has 0 unspecified atom stereocenters. The van der Waals surface area contributed by atoms with E-state index in [1.807, 2.05) is 0 Å². The molecule has 0 fully saturated rings. The molecule has 0 bridgehead atoms. The number of nitrogens with zero attached hydrogens (tertiary/aromatic N) is 2. The molecular weight excluding hydrogens is 304 g/mol. The third-order valence-corrected chi connectivity index (χ3v) is 2.32. The van der Waals surface area contributed by atoms with Crippen LogP contribution in [0.4, 0.5) is 35.1 Å². The Kier molecular flexibility index (Phi) is 3.62. The van der Waals surface area contributed by atoms with Crippen molar-refractivity contribution in [1.29, 1.82) is 0 Å². The molecule has 0 aromatic carbocycles. The minimum atomic E-state index is -6.27. The lowest BCUT2D eigenvalue weighted by Crippen LogP contribution is -2.36. The first kappa shape index (κ1) is 16.4. The topological polar surface area (TPSA) is 34.9 Å². The monoisotopic (exact) mass is 310 g/mol. The van der Waals surface area contributed by atoms with Crippen LogP contribution in [0.1, 0.15) is 28.7 Å². The van der Waals surface area contributed by atoms with Gasteiger partial charge in [-0.15, -0.1) is 0 Å². The molecule has 114 valence electrons. The molecular formula is C9H6F8N2O. The highest BCUT2D eigenvalue weighted by Gasteiger charge is 2.64. The van der Waals surface area contributed by atoms with E-state index >= 15 is 0 Å². The molecule has 0 aliphatic heterocycles. The minimum absolute atomic E-state index is 0.0557.